The van der Waals surface area contributed by atoms with Crippen molar-refractivity contribution in [2.45, 2.75) is 32.3 Å². The van der Waals surface area contributed by atoms with E-state index in [0.29, 0.717) is 12.3 Å². The van der Waals surface area contributed by atoms with Crippen LogP contribution in [0.3, 0.4) is 0 Å². The second-order valence-electron chi connectivity index (χ2n) is 6.68. The van der Waals surface area contributed by atoms with E-state index in [0.717, 1.165) is 22.4 Å². The van der Waals surface area contributed by atoms with E-state index in [4.69, 9.17) is 4.74 Å². The van der Waals surface area contributed by atoms with E-state index >= 15 is 0 Å². The Labute approximate surface area is 160 Å². The van der Waals surface area contributed by atoms with Crippen molar-refractivity contribution in [1.82, 2.24) is 0 Å². The Morgan fingerprint density at radius 1 is 0.852 bits per heavy atom. The molecular weight excluding hydrogens is 358 g/mol. The smallest absolute Gasteiger partial charge is 0.261 e. The fourth-order valence-electron chi connectivity index (χ4n) is 2.78. The van der Waals surface area contributed by atoms with E-state index in [9.17, 15) is 8.42 Å². The summed E-state index contributed by atoms with van der Waals surface area (Å²) in [7, 11) is -3.62. The lowest BCUT2D eigenvalue weighted by Gasteiger charge is -2.12. The van der Waals surface area contributed by atoms with E-state index in [2.05, 4.69) is 10.8 Å². The summed E-state index contributed by atoms with van der Waals surface area (Å²) in [5, 5.41) is 0. The third-order valence-corrected chi connectivity index (χ3v) is 5.63. The van der Waals surface area contributed by atoms with Gasteiger partial charge in [0.25, 0.3) is 10.0 Å². The molecule has 0 fully saturated rings. The third-order valence-electron chi connectivity index (χ3n) is 4.24. The molecule has 1 N–H and O–H groups in total. The van der Waals surface area contributed by atoms with Gasteiger partial charge in [-0.2, -0.15) is 0 Å². The molecule has 0 amide bonds. The van der Waals surface area contributed by atoms with Crippen LogP contribution in [0.1, 0.15) is 22.3 Å². The SMILES string of the molecule is Cc1ccc(S(=O)(=O)Nc2cccc(COc3ccc(C)cc3C)c2)cc1. The number of sulfonamides is 1. The van der Waals surface area contributed by atoms with Gasteiger partial charge in [-0.3, -0.25) is 4.72 Å². The first-order valence-electron chi connectivity index (χ1n) is 8.72. The highest BCUT2D eigenvalue weighted by Crippen LogP contribution is 2.22. The molecule has 5 heteroatoms. The number of anilines is 1. The van der Waals surface area contributed by atoms with Crippen molar-refractivity contribution in [3.63, 3.8) is 0 Å². The highest BCUT2D eigenvalue weighted by Gasteiger charge is 2.14. The predicted octanol–water partition coefficient (Wildman–Crippen LogP) is 4.99. The molecular formula is C22H23NO3S. The van der Waals surface area contributed by atoms with Gasteiger partial charge in [0.1, 0.15) is 12.4 Å². The van der Waals surface area contributed by atoms with Gasteiger partial charge in [-0.15, -0.1) is 0 Å². The Balaban J connectivity index is 1.72. The molecule has 0 atom stereocenters. The maximum absolute atomic E-state index is 12.5. The number of hydrogen-bond donors (Lipinski definition) is 1. The van der Waals surface area contributed by atoms with E-state index in [1.807, 2.05) is 45.0 Å². The number of rotatable bonds is 6. The second-order valence-corrected chi connectivity index (χ2v) is 8.36. The molecule has 0 spiro atoms. The standard InChI is InChI=1S/C22H23NO3S/c1-16-7-10-21(11-8-16)27(24,25)23-20-6-4-5-19(14-20)15-26-22-12-9-17(2)13-18(22)3/h4-14,23H,15H2,1-3H3. The summed E-state index contributed by atoms with van der Waals surface area (Å²) in [5.41, 5.74) is 4.68. The van der Waals surface area contributed by atoms with E-state index in [1.54, 1.807) is 36.4 Å². The summed E-state index contributed by atoms with van der Waals surface area (Å²) >= 11 is 0. The summed E-state index contributed by atoms with van der Waals surface area (Å²) in [4.78, 5) is 0.241. The fraction of sp³-hybridized carbons (Fsp3) is 0.182. The number of benzene rings is 3. The molecule has 3 rings (SSSR count). The number of hydrogen-bond acceptors (Lipinski definition) is 3. The van der Waals surface area contributed by atoms with Crippen LogP contribution in [0.4, 0.5) is 5.69 Å². The van der Waals surface area contributed by atoms with Crippen LogP contribution in [-0.4, -0.2) is 8.42 Å². The predicted molar refractivity (Wildman–Crippen MR) is 109 cm³/mol. The van der Waals surface area contributed by atoms with Crippen molar-refractivity contribution in [2.24, 2.45) is 0 Å². The van der Waals surface area contributed by atoms with Crippen molar-refractivity contribution in [2.75, 3.05) is 4.72 Å². The first-order valence-corrected chi connectivity index (χ1v) is 10.2. The molecule has 0 saturated carbocycles. The highest BCUT2D eigenvalue weighted by molar-refractivity contribution is 7.92. The minimum Gasteiger partial charge on any atom is -0.489 e. The Morgan fingerprint density at radius 2 is 1.56 bits per heavy atom. The Kier molecular flexibility index (Phi) is 5.51. The van der Waals surface area contributed by atoms with Gasteiger partial charge in [-0.25, -0.2) is 8.42 Å². The average Bonchev–Trinajstić information content (AvgIpc) is 2.61. The van der Waals surface area contributed by atoms with E-state index in [1.165, 1.54) is 5.56 Å². The van der Waals surface area contributed by atoms with Crippen LogP contribution >= 0.6 is 0 Å². The van der Waals surface area contributed by atoms with Gasteiger partial charge in [-0.1, -0.05) is 47.5 Å². The molecule has 0 aliphatic heterocycles. The van der Waals surface area contributed by atoms with Crippen LogP contribution in [-0.2, 0) is 16.6 Å². The fourth-order valence-corrected chi connectivity index (χ4v) is 3.83. The van der Waals surface area contributed by atoms with Gasteiger partial charge in [0, 0.05) is 5.69 Å². The topological polar surface area (TPSA) is 55.4 Å². The molecule has 0 aromatic heterocycles. The minimum atomic E-state index is -3.62. The maximum atomic E-state index is 12.5. The number of nitrogens with one attached hydrogen (secondary N) is 1. The van der Waals surface area contributed by atoms with E-state index in [-0.39, 0.29) is 4.90 Å². The summed E-state index contributed by atoms with van der Waals surface area (Å²) in [6, 6.07) is 20.0. The largest absolute Gasteiger partial charge is 0.489 e. The van der Waals surface area contributed by atoms with Crippen molar-refractivity contribution in [3.05, 3.63) is 89.0 Å². The van der Waals surface area contributed by atoms with Crippen molar-refractivity contribution in [1.29, 1.82) is 0 Å². The highest BCUT2D eigenvalue weighted by atomic mass is 32.2. The zero-order valence-electron chi connectivity index (χ0n) is 15.7. The zero-order chi connectivity index (χ0) is 19.4. The summed E-state index contributed by atoms with van der Waals surface area (Å²) in [6.45, 7) is 6.34. The first kappa shape index (κ1) is 19.0. The molecule has 4 nitrogen and oxygen atoms in total. The van der Waals surface area contributed by atoms with Gasteiger partial charge >= 0.3 is 0 Å². The third kappa shape index (κ3) is 4.89. The van der Waals surface area contributed by atoms with Gasteiger partial charge in [0.15, 0.2) is 0 Å². The van der Waals surface area contributed by atoms with Crippen LogP contribution in [0, 0.1) is 20.8 Å². The quantitative estimate of drug-likeness (QED) is 0.654. The van der Waals surface area contributed by atoms with Gasteiger partial charge in [-0.05, 0) is 62.2 Å². The van der Waals surface area contributed by atoms with Crippen LogP contribution in [0.25, 0.3) is 0 Å². The Morgan fingerprint density at radius 3 is 2.26 bits per heavy atom. The molecule has 0 radical (unpaired) electrons. The van der Waals surface area contributed by atoms with Gasteiger partial charge in [0.2, 0.25) is 0 Å². The second kappa shape index (κ2) is 7.84. The molecule has 0 heterocycles. The summed E-state index contributed by atoms with van der Waals surface area (Å²) < 4.78 is 33.6. The number of aryl methyl sites for hydroxylation is 3. The van der Waals surface area contributed by atoms with Crippen LogP contribution in [0.5, 0.6) is 5.75 Å². The molecule has 27 heavy (non-hydrogen) atoms. The zero-order valence-corrected chi connectivity index (χ0v) is 16.5. The normalized spacial score (nSPS) is 11.2. The monoisotopic (exact) mass is 381 g/mol. The molecule has 140 valence electrons. The lowest BCUT2D eigenvalue weighted by Crippen LogP contribution is -2.13. The lowest BCUT2D eigenvalue weighted by molar-refractivity contribution is 0.304. The van der Waals surface area contributed by atoms with Gasteiger partial charge in [0.05, 0.1) is 4.90 Å². The Hall–Kier alpha value is -2.79. The molecule has 0 aliphatic carbocycles. The minimum absolute atomic E-state index is 0.241. The summed E-state index contributed by atoms with van der Waals surface area (Å²) in [5.74, 6) is 0.825. The van der Waals surface area contributed by atoms with Gasteiger partial charge < -0.3 is 4.74 Å². The van der Waals surface area contributed by atoms with Crippen molar-refractivity contribution < 1.29 is 13.2 Å². The molecule has 3 aromatic carbocycles. The molecule has 0 aliphatic rings. The van der Waals surface area contributed by atoms with Crippen molar-refractivity contribution >= 4 is 15.7 Å². The summed E-state index contributed by atoms with van der Waals surface area (Å²) in [6.07, 6.45) is 0. The molecule has 0 unspecified atom stereocenters. The molecule has 3 aromatic rings. The first-order chi connectivity index (χ1) is 12.8. The van der Waals surface area contributed by atoms with E-state index < -0.39 is 10.0 Å². The Bertz CT molecular complexity index is 1040. The van der Waals surface area contributed by atoms with Crippen LogP contribution < -0.4 is 9.46 Å². The molecule has 0 saturated heterocycles. The van der Waals surface area contributed by atoms with Crippen molar-refractivity contribution in [3.8, 4) is 5.75 Å². The average molecular weight is 381 g/mol. The maximum Gasteiger partial charge on any atom is 0.261 e. The lowest BCUT2D eigenvalue weighted by atomic mass is 10.1. The van der Waals surface area contributed by atoms with Crippen LogP contribution in [0.2, 0.25) is 0 Å². The van der Waals surface area contributed by atoms with Crippen LogP contribution in [0.15, 0.2) is 71.6 Å². The number of ether oxygens (including phenoxy) is 1. The molecule has 0 bridgehead atoms.